The predicted octanol–water partition coefficient (Wildman–Crippen LogP) is 0.732. The summed E-state index contributed by atoms with van der Waals surface area (Å²) in [5.41, 5.74) is -0.801. The summed E-state index contributed by atoms with van der Waals surface area (Å²) in [6.07, 6.45) is 3.65. The number of aromatic nitrogens is 3. The fourth-order valence-corrected chi connectivity index (χ4v) is 5.21. The first-order valence-electron chi connectivity index (χ1n) is 9.07. The summed E-state index contributed by atoms with van der Waals surface area (Å²) in [5, 5.41) is 4.75. The van der Waals surface area contributed by atoms with Crippen molar-refractivity contribution in [3.05, 3.63) is 50.6 Å². The zero-order valence-electron chi connectivity index (χ0n) is 17.0. The maximum Gasteiger partial charge on any atom is 0.330 e. The van der Waals surface area contributed by atoms with Crippen LogP contribution < -0.4 is 21.3 Å². The first-order chi connectivity index (χ1) is 14.7. The summed E-state index contributed by atoms with van der Waals surface area (Å²) in [7, 11) is -1.31. The number of carbonyl (C=O) groups excluding carboxylic acids is 1. The number of sulfonamides is 1. The molecule has 0 aliphatic carbocycles. The minimum atomic E-state index is -4.13. The molecular weight excluding hydrogens is 462 g/mol. The molecule has 0 saturated heterocycles. The summed E-state index contributed by atoms with van der Waals surface area (Å²) in [4.78, 5) is 41.0. The maximum atomic E-state index is 13.0. The highest BCUT2D eigenvalue weighted by Gasteiger charge is 2.26. The Morgan fingerprint density at radius 3 is 2.65 bits per heavy atom. The third-order valence-electron chi connectivity index (χ3n) is 4.64. The second kappa shape index (κ2) is 9.34. The normalized spacial score (nSPS) is 12.7. The van der Waals surface area contributed by atoms with Gasteiger partial charge in [0, 0.05) is 25.7 Å². The van der Waals surface area contributed by atoms with Gasteiger partial charge in [0.1, 0.15) is 6.04 Å². The highest BCUT2D eigenvalue weighted by atomic mass is 32.2. The van der Waals surface area contributed by atoms with Gasteiger partial charge in [0.2, 0.25) is 15.9 Å². The molecule has 166 valence electrons. The van der Waals surface area contributed by atoms with Crippen molar-refractivity contribution in [2.24, 2.45) is 14.1 Å². The molecule has 0 fully saturated rings. The monoisotopic (exact) mass is 483 g/mol. The number of benzene rings is 1. The van der Waals surface area contributed by atoms with Gasteiger partial charge in [-0.15, -0.1) is 11.3 Å². The van der Waals surface area contributed by atoms with E-state index in [1.54, 1.807) is 5.38 Å². The summed E-state index contributed by atoms with van der Waals surface area (Å²) in [5.74, 6) is 0.0328. The van der Waals surface area contributed by atoms with Crippen LogP contribution in [0.15, 0.2) is 44.3 Å². The number of nitrogens with one attached hydrogen (secondary N) is 2. The van der Waals surface area contributed by atoms with Crippen LogP contribution in [0.4, 0.5) is 5.13 Å². The number of rotatable bonds is 8. The number of carbonyl (C=O) groups is 1. The van der Waals surface area contributed by atoms with Crippen molar-refractivity contribution in [3.8, 4) is 0 Å². The molecule has 10 nitrogen and oxygen atoms in total. The lowest BCUT2D eigenvalue weighted by molar-refractivity contribution is -0.117. The lowest BCUT2D eigenvalue weighted by Gasteiger charge is -2.18. The Bertz CT molecular complexity index is 1330. The van der Waals surface area contributed by atoms with Crippen LogP contribution in [-0.2, 0) is 28.9 Å². The van der Waals surface area contributed by atoms with E-state index in [4.69, 9.17) is 0 Å². The quantitative estimate of drug-likeness (QED) is 0.483. The van der Waals surface area contributed by atoms with Crippen molar-refractivity contribution in [1.29, 1.82) is 0 Å². The number of hydrogen-bond donors (Lipinski definition) is 2. The van der Waals surface area contributed by atoms with Crippen molar-refractivity contribution in [3.63, 3.8) is 0 Å². The van der Waals surface area contributed by atoms with E-state index in [9.17, 15) is 22.8 Å². The van der Waals surface area contributed by atoms with E-state index in [1.165, 1.54) is 66.2 Å². The molecule has 0 saturated carbocycles. The molecule has 0 aliphatic rings. The molecule has 2 aromatic heterocycles. The fraction of sp³-hybridized carbons (Fsp3) is 0.333. The van der Waals surface area contributed by atoms with Crippen LogP contribution in [0.3, 0.4) is 0 Å². The van der Waals surface area contributed by atoms with Crippen LogP contribution >= 0.6 is 23.1 Å². The first kappa shape index (κ1) is 23.2. The summed E-state index contributed by atoms with van der Waals surface area (Å²) < 4.78 is 30.6. The Balaban J connectivity index is 1.96. The largest absolute Gasteiger partial charge is 0.330 e. The number of thioether (sulfide) groups is 1. The highest BCUT2D eigenvalue weighted by molar-refractivity contribution is 7.98. The molecule has 13 heteroatoms. The molecule has 2 N–H and O–H groups in total. The number of amides is 1. The standard InChI is InChI=1S/C18H21N5O5S3/c1-22-14-5-4-11(10-12(14)16(25)23(2)18(22)26)31(27,28)21-13(6-8-29-3)15(24)20-17-19-7-9-30-17/h4-5,7,9-10,13,21H,6,8H2,1-3H3,(H,19,20,24). The number of thiazole rings is 1. The number of nitrogens with zero attached hydrogens (tertiary/aromatic N) is 3. The zero-order chi connectivity index (χ0) is 22.8. The van der Waals surface area contributed by atoms with Crippen molar-refractivity contribution >= 4 is 55.1 Å². The van der Waals surface area contributed by atoms with Crippen molar-refractivity contribution in [2.75, 3.05) is 17.3 Å². The van der Waals surface area contributed by atoms with E-state index in [2.05, 4.69) is 15.0 Å². The summed E-state index contributed by atoms with van der Waals surface area (Å²) in [6.45, 7) is 0. The lowest BCUT2D eigenvalue weighted by atomic mass is 10.2. The molecule has 1 atom stereocenters. The Hall–Kier alpha value is -2.48. The molecule has 2 heterocycles. The van der Waals surface area contributed by atoms with Gasteiger partial charge in [0.25, 0.3) is 5.56 Å². The smallest absolute Gasteiger partial charge is 0.301 e. The van der Waals surface area contributed by atoms with Gasteiger partial charge in [-0.3, -0.25) is 18.7 Å². The Labute approximate surface area is 186 Å². The summed E-state index contributed by atoms with van der Waals surface area (Å²) >= 11 is 2.70. The first-order valence-corrected chi connectivity index (χ1v) is 12.8. The number of hydrogen-bond acceptors (Lipinski definition) is 8. The van der Waals surface area contributed by atoms with Crippen LogP contribution in [0, 0.1) is 0 Å². The molecule has 1 amide bonds. The maximum absolute atomic E-state index is 13.0. The van der Waals surface area contributed by atoms with Gasteiger partial charge in [0.05, 0.1) is 15.8 Å². The van der Waals surface area contributed by atoms with Crippen LogP contribution in [0.1, 0.15) is 6.42 Å². The van der Waals surface area contributed by atoms with Crippen molar-refractivity contribution < 1.29 is 13.2 Å². The van der Waals surface area contributed by atoms with Gasteiger partial charge in [-0.1, -0.05) is 0 Å². The number of aryl methyl sites for hydroxylation is 1. The van der Waals surface area contributed by atoms with Crippen LogP contribution in [0.5, 0.6) is 0 Å². The Morgan fingerprint density at radius 1 is 1.26 bits per heavy atom. The molecule has 0 bridgehead atoms. The van der Waals surface area contributed by atoms with E-state index in [0.29, 0.717) is 16.4 Å². The third-order valence-corrected chi connectivity index (χ3v) is 7.44. The topological polar surface area (TPSA) is 132 Å². The van der Waals surface area contributed by atoms with Crippen LogP contribution in [0.25, 0.3) is 10.9 Å². The molecule has 0 radical (unpaired) electrons. The van der Waals surface area contributed by atoms with Gasteiger partial charge < -0.3 is 5.32 Å². The molecule has 3 aromatic rings. The van der Waals surface area contributed by atoms with Crippen LogP contribution in [-0.4, -0.2) is 46.5 Å². The van der Waals surface area contributed by atoms with Gasteiger partial charge in [-0.25, -0.2) is 18.2 Å². The molecular formula is C18H21N5O5S3. The lowest BCUT2D eigenvalue weighted by Crippen LogP contribution is -2.44. The van der Waals surface area contributed by atoms with Crippen molar-refractivity contribution in [1.82, 2.24) is 18.8 Å². The minimum Gasteiger partial charge on any atom is -0.301 e. The highest BCUT2D eigenvalue weighted by Crippen LogP contribution is 2.17. The number of anilines is 1. The van der Waals surface area contributed by atoms with Gasteiger partial charge in [-0.2, -0.15) is 16.5 Å². The summed E-state index contributed by atoms with van der Waals surface area (Å²) in [6, 6.07) is 2.89. The van der Waals surface area contributed by atoms with Crippen LogP contribution in [0.2, 0.25) is 0 Å². The zero-order valence-corrected chi connectivity index (χ0v) is 19.4. The van der Waals surface area contributed by atoms with E-state index in [-0.39, 0.29) is 16.7 Å². The SMILES string of the molecule is CSCCC(NS(=O)(=O)c1ccc2c(c1)c(=O)n(C)c(=O)n2C)C(=O)Nc1nccs1. The third kappa shape index (κ3) is 4.89. The molecule has 31 heavy (non-hydrogen) atoms. The van der Waals surface area contributed by atoms with E-state index in [1.807, 2.05) is 6.26 Å². The van der Waals surface area contributed by atoms with Gasteiger partial charge in [0.15, 0.2) is 5.13 Å². The van der Waals surface area contributed by atoms with Crippen molar-refractivity contribution in [2.45, 2.75) is 17.4 Å². The average Bonchev–Trinajstić information content (AvgIpc) is 3.26. The molecule has 3 rings (SSSR count). The molecule has 1 unspecified atom stereocenters. The molecule has 0 spiro atoms. The van der Waals surface area contributed by atoms with E-state index < -0.39 is 33.2 Å². The minimum absolute atomic E-state index is 0.0837. The average molecular weight is 484 g/mol. The Morgan fingerprint density at radius 2 is 2.00 bits per heavy atom. The second-order valence-corrected chi connectivity index (χ2v) is 10.3. The second-order valence-electron chi connectivity index (χ2n) is 6.67. The van der Waals surface area contributed by atoms with E-state index in [0.717, 1.165) is 4.57 Å². The fourth-order valence-electron chi connectivity index (χ4n) is 2.95. The number of fused-ring (bicyclic) bond motifs is 1. The predicted molar refractivity (Wildman–Crippen MR) is 122 cm³/mol. The Kier molecular flexibility index (Phi) is 6.99. The molecule has 0 aliphatic heterocycles. The van der Waals surface area contributed by atoms with Gasteiger partial charge >= 0.3 is 5.69 Å². The molecule has 1 aromatic carbocycles. The van der Waals surface area contributed by atoms with Gasteiger partial charge in [-0.05, 0) is 36.6 Å². The van der Waals surface area contributed by atoms with E-state index >= 15 is 0 Å².